The summed E-state index contributed by atoms with van der Waals surface area (Å²) in [5.74, 6) is -1.77. The summed E-state index contributed by atoms with van der Waals surface area (Å²) in [6.07, 6.45) is 1.86. The molecule has 0 saturated heterocycles. The van der Waals surface area contributed by atoms with Gasteiger partial charge in [-0.2, -0.15) is 0 Å². The van der Waals surface area contributed by atoms with Crippen LogP contribution >= 0.6 is 0 Å². The van der Waals surface area contributed by atoms with Crippen LogP contribution < -0.4 is 9.62 Å². The van der Waals surface area contributed by atoms with Crippen LogP contribution in [0, 0.1) is 12.7 Å². The Labute approximate surface area is 259 Å². The lowest BCUT2D eigenvalue weighted by Gasteiger charge is -2.34. The first-order chi connectivity index (χ1) is 21.2. The molecule has 4 aromatic rings. The third-order valence-corrected chi connectivity index (χ3v) is 9.21. The summed E-state index contributed by atoms with van der Waals surface area (Å²) < 4.78 is 43.8. The molecule has 0 bridgehead atoms. The number of hydrogen-bond donors (Lipinski definition) is 1. The van der Waals surface area contributed by atoms with E-state index >= 15 is 4.39 Å². The van der Waals surface area contributed by atoms with Gasteiger partial charge in [-0.15, -0.1) is 0 Å². The highest BCUT2D eigenvalue weighted by molar-refractivity contribution is 7.92. The van der Waals surface area contributed by atoms with Crippen molar-refractivity contribution in [2.45, 2.75) is 50.6 Å². The van der Waals surface area contributed by atoms with Gasteiger partial charge in [0.15, 0.2) is 0 Å². The van der Waals surface area contributed by atoms with Crippen LogP contribution in [-0.4, -0.2) is 44.3 Å². The molecule has 0 fully saturated rings. The molecular weight excluding hydrogens is 577 g/mol. The fourth-order valence-electron chi connectivity index (χ4n) is 4.92. The molecule has 0 saturated carbocycles. The Balaban J connectivity index is 1.80. The molecule has 2 amide bonds. The lowest BCUT2D eigenvalue weighted by atomic mass is 10.0. The van der Waals surface area contributed by atoms with Crippen molar-refractivity contribution >= 4 is 27.5 Å². The zero-order chi connectivity index (χ0) is 31.5. The zero-order valence-corrected chi connectivity index (χ0v) is 25.8. The number of halogens is 1. The molecule has 7 nitrogen and oxygen atoms in total. The van der Waals surface area contributed by atoms with Crippen LogP contribution in [0.15, 0.2) is 114 Å². The normalized spacial score (nSPS) is 11.9. The second-order valence-corrected chi connectivity index (χ2v) is 12.4. The van der Waals surface area contributed by atoms with Gasteiger partial charge >= 0.3 is 0 Å². The molecule has 0 spiro atoms. The molecule has 0 aliphatic carbocycles. The quantitative estimate of drug-likeness (QED) is 0.179. The minimum Gasteiger partial charge on any atom is -0.354 e. The molecular formula is C35H38FN3O4S. The number of rotatable bonds is 14. The third-order valence-electron chi connectivity index (χ3n) is 7.43. The van der Waals surface area contributed by atoms with Crippen LogP contribution in [-0.2, 0) is 32.6 Å². The summed E-state index contributed by atoms with van der Waals surface area (Å²) >= 11 is 0. The largest absolute Gasteiger partial charge is 0.354 e. The average Bonchev–Trinajstić information content (AvgIpc) is 3.03. The Morgan fingerprint density at radius 3 is 2.11 bits per heavy atom. The Hall–Kier alpha value is -4.50. The van der Waals surface area contributed by atoms with Crippen LogP contribution in [0.4, 0.5) is 10.1 Å². The maximum Gasteiger partial charge on any atom is 0.264 e. The number of benzene rings is 4. The van der Waals surface area contributed by atoms with E-state index in [1.54, 1.807) is 18.2 Å². The van der Waals surface area contributed by atoms with Gasteiger partial charge in [-0.05, 0) is 54.3 Å². The molecule has 4 aromatic carbocycles. The molecule has 44 heavy (non-hydrogen) atoms. The molecule has 4 rings (SSSR count). The van der Waals surface area contributed by atoms with E-state index in [9.17, 15) is 18.0 Å². The first kappa shape index (κ1) is 32.4. The van der Waals surface area contributed by atoms with Gasteiger partial charge in [-0.3, -0.25) is 13.9 Å². The number of aryl methyl sites for hydroxylation is 1. The average molecular weight is 616 g/mol. The van der Waals surface area contributed by atoms with Gasteiger partial charge < -0.3 is 10.2 Å². The lowest BCUT2D eigenvalue weighted by molar-refractivity contribution is -0.140. The van der Waals surface area contributed by atoms with Gasteiger partial charge in [0.1, 0.15) is 18.4 Å². The number of hydrogen-bond acceptors (Lipinski definition) is 4. The molecule has 0 unspecified atom stereocenters. The van der Waals surface area contributed by atoms with E-state index in [0.29, 0.717) is 6.54 Å². The molecule has 230 valence electrons. The van der Waals surface area contributed by atoms with Gasteiger partial charge in [-0.25, -0.2) is 12.8 Å². The maximum absolute atomic E-state index is 15.2. The number of nitrogens with one attached hydrogen (secondary N) is 1. The highest BCUT2D eigenvalue weighted by atomic mass is 32.2. The number of sulfonamides is 1. The predicted octanol–water partition coefficient (Wildman–Crippen LogP) is 5.89. The van der Waals surface area contributed by atoms with E-state index in [1.165, 1.54) is 35.2 Å². The van der Waals surface area contributed by atoms with Crippen molar-refractivity contribution in [3.05, 3.63) is 132 Å². The van der Waals surface area contributed by atoms with Gasteiger partial charge in [0.2, 0.25) is 11.8 Å². The number of para-hydroxylation sites is 1. The zero-order valence-electron chi connectivity index (χ0n) is 25.0. The second-order valence-electron chi connectivity index (χ2n) is 10.6. The Bertz CT molecular complexity index is 1650. The fraction of sp³-hybridized carbons (Fsp3) is 0.257. The van der Waals surface area contributed by atoms with Crippen LogP contribution in [0.5, 0.6) is 0 Å². The van der Waals surface area contributed by atoms with Crippen LogP contribution in [0.25, 0.3) is 0 Å². The Kier molecular flexibility index (Phi) is 11.3. The van der Waals surface area contributed by atoms with E-state index < -0.39 is 34.3 Å². The van der Waals surface area contributed by atoms with Gasteiger partial charge in [0, 0.05) is 19.5 Å². The fourth-order valence-corrected chi connectivity index (χ4v) is 6.36. The summed E-state index contributed by atoms with van der Waals surface area (Å²) in [5.41, 5.74) is 2.31. The summed E-state index contributed by atoms with van der Waals surface area (Å²) in [4.78, 5) is 29.5. The van der Waals surface area contributed by atoms with Gasteiger partial charge in [0.05, 0.1) is 10.6 Å². The lowest BCUT2D eigenvalue weighted by Crippen LogP contribution is -2.53. The smallest absolute Gasteiger partial charge is 0.264 e. The van der Waals surface area contributed by atoms with E-state index in [0.717, 1.165) is 39.9 Å². The van der Waals surface area contributed by atoms with Crippen molar-refractivity contribution in [3.8, 4) is 0 Å². The molecule has 9 heteroatoms. The summed E-state index contributed by atoms with van der Waals surface area (Å²) in [6.45, 7) is 3.72. The Morgan fingerprint density at radius 2 is 1.45 bits per heavy atom. The molecule has 0 radical (unpaired) electrons. The molecule has 0 aliphatic rings. The van der Waals surface area contributed by atoms with Crippen molar-refractivity contribution in [3.63, 3.8) is 0 Å². The molecule has 0 heterocycles. The highest BCUT2D eigenvalue weighted by Gasteiger charge is 2.35. The van der Waals surface area contributed by atoms with E-state index in [-0.39, 0.29) is 29.5 Å². The molecule has 1 atom stereocenters. The van der Waals surface area contributed by atoms with Crippen molar-refractivity contribution < 1.29 is 22.4 Å². The number of unbranched alkanes of at least 4 members (excludes halogenated alkanes) is 1. The number of carbonyl (C=O) groups is 2. The van der Waals surface area contributed by atoms with Crippen LogP contribution in [0.2, 0.25) is 0 Å². The van der Waals surface area contributed by atoms with Crippen LogP contribution in [0.3, 0.4) is 0 Å². The topological polar surface area (TPSA) is 86.8 Å². The van der Waals surface area contributed by atoms with Crippen LogP contribution in [0.1, 0.15) is 36.5 Å². The SMILES string of the molecule is CCCCNC(=O)[C@H](Cc1ccccc1)N(Cc1ccccc1C)C(=O)CN(c1ccccc1F)S(=O)(=O)c1ccccc1. The number of anilines is 1. The summed E-state index contributed by atoms with van der Waals surface area (Å²) in [5, 5.41) is 2.97. The van der Waals surface area contributed by atoms with E-state index in [1.807, 2.05) is 68.4 Å². The van der Waals surface area contributed by atoms with Crippen molar-refractivity contribution in [2.24, 2.45) is 0 Å². The first-order valence-electron chi connectivity index (χ1n) is 14.7. The summed E-state index contributed by atoms with van der Waals surface area (Å²) in [6, 6.07) is 29.0. The first-order valence-corrected chi connectivity index (χ1v) is 16.1. The summed E-state index contributed by atoms with van der Waals surface area (Å²) in [7, 11) is -4.36. The number of carbonyl (C=O) groups excluding carboxylic acids is 2. The number of nitrogens with zero attached hydrogens (tertiary/aromatic N) is 2. The van der Waals surface area contributed by atoms with Crippen molar-refractivity contribution in [1.82, 2.24) is 10.2 Å². The standard InChI is InChI=1S/C35H38FN3O4S/c1-3-4-23-37-35(41)33(24-28-16-7-5-8-17-28)38(25-29-18-12-11-15-27(29)2)34(40)26-39(32-22-14-13-21-31(32)36)44(42,43)30-19-9-6-10-20-30/h5-22,33H,3-4,23-26H2,1-2H3,(H,37,41)/t33-/m0/s1. The van der Waals surface area contributed by atoms with E-state index in [2.05, 4.69) is 5.32 Å². The number of amides is 2. The monoisotopic (exact) mass is 615 g/mol. The third kappa shape index (κ3) is 8.11. The predicted molar refractivity (Wildman–Crippen MR) is 171 cm³/mol. The van der Waals surface area contributed by atoms with E-state index in [4.69, 9.17) is 0 Å². The van der Waals surface area contributed by atoms with Gasteiger partial charge in [-0.1, -0.05) is 98.3 Å². The minimum absolute atomic E-state index is 0.0563. The molecule has 1 N–H and O–H groups in total. The van der Waals surface area contributed by atoms with Crippen molar-refractivity contribution in [2.75, 3.05) is 17.4 Å². The Morgan fingerprint density at radius 1 is 0.841 bits per heavy atom. The minimum atomic E-state index is -4.36. The van der Waals surface area contributed by atoms with Gasteiger partial charge in [0.25, 0.3) is 10.0 Å². The second kappa shape index (κ2) is 15.3. The van der Waals surface area contributed by atoms with Crippen molar-refractivity contribution in [1.29, 1.82) is 0 Å². The highest BCUT2D eigenvalue weighted by Crippen LogP contribution is 2.27. The molecule has 0 aromatic heterocycles. The maximum atomic E-state index is 15.2. The molecule has 0 aliphatic heterocycles.